The number of piperidine rings is 1. The second-order valence-electron chi connectivity index (χ2n) is 6.45. The third-order valence-corrected chi connectivity index (χ3v) is 4.75. The summed E-state index contributed by atoms with van der Waals surface area (Å²) in [5.74, 6) is -0.171. The molecule has 0 spiro atoms. The lowest BCUT2D eigenvalue weighted by molar-refractivity contribution is -0.0346. The maximum absolute atomic E-state index is 13.4. The molecule has 1 fully saturated rings. The molecule has 2 aromatic rings. The number of phenolic OH excluding ortho intramolecular Hbond substituents is 1. The Morgan fingerprint density at radius 2 is 1.75 bits per heavy atom. The topological polar surface area (TPSA) is 63.9 Å². The molecule has 1 unspecified atom stereocenters. The van der Waals surface area contributed by atoms with E-state index in [1.807, 2.05) is 0 Å². The number of benzene rings is 2. The van der Waals surface area contributed by atoms with Crippen LogP contribution < -0.4 is 0 Å². The highest BCUT2D eigenvalue weighted by molar-refractivity contribution is 5.27. The number of hydrogen-bond acceptors (Lipinski definition) is 4. The van der Waals surface area contributed by atoms with Crippen LogP contribution in [0.25, 0.3) is 0 Å². The number of nitrogens with zero attached hydrogens (tertiary/aromatic N) is 1. The summed E-state index contributed by atoms with van der Waals surface area (Å²) in [5.41, 5.74) is 0.349. The van der Waals surface area contributed by atoms with Gasteiger partial charge in [0.1, 0.15) is 11.6 Å². The number of likely N-dealkylation sites (tertiary alicyclic amines) is 1. The molecule has 1 aliphatic rings. The van der Waals surface area contributed by atoms with Crippen molar-refractivity contribution in [3.8, 4) is 5.75 Å². The molecule has 0 bridgehead atoms. The average Bonchev–Trinajstić information content (AvgIpc) is 2.58. The van der Waals surface area contributed by atoms with E-state index in [9.17, 15) is 19.7 Å². The van der Waals surface area contributed by atoms with Crippen molar-refractivity contribution < 1.29 is 19.7 Å². The maximum atomic E-state index is 13.4. The molecule has 0 amide bonds. The monoisotopic (exact) mass is 331 g/mol. The minimum Gasteiger partial charge on any atom is -0.508 e. The SMILES string of the molecule is Oc1ccc(C(O)CN2CCC(O)(c3cccc(F)c3)CC2)cc1. The Balaban J connectivity index is 1.59. The Morgan fingerprint density at radius 3 is 2.38 bits per heavy atom. The van der Waals surface area contributed by atoms with Gasteiger partial charge < -0.3 is 20.2 Å². The van der Waals surface area contributed by atoms with E-state index >= 15 is 0 Å². The minimum atomic E-state index is -1.01. The van der Waals surface area contributed by atoms with Gasteiger partial charge in [-0.1, -0.05) is 24.3 Å². The second-order valence-corrected chi connectivity index (χ2v) is 6.45. The van der Waals surface area contributed by atoms with Gasteiger partial charge in [-0.25, -0.2) is 4.39 Å². The molecular formula is C19H22FNO3. The summed E-state index contributed by atoms with van der Waals surface area (Å²) in [4.78, 5) is 2.09. The zero-order valence-corrected chi connectivity index (χ0v) is 13.4. The van der Waals surface area contributed by atoms with Gasteiger partial charge in [0.15, 0.2) is 0 Å². The van der Waals surface area contributed by atoms with E-state index in [1.165, 1.54) is 12.1 Å². The molecule has 24 heavy (non-hydrogen) atoms. The summed E-state index contributed by atoms with van der Waals surface area (Å²) in [6, 6.07) is 12.6. The van der Waals surface area contributed by atoms with Gasteiger partial charge >= 0.3 is 0 Å². The van der Waals surface area contributed by atoms with E-state index in [0.29, 0.717) is 38.0 Å². The maximum Gasteiger partial charge on any atom is 0.123 e. The van der Waals surface area contributed by atoms with Gasteiger partial charge in [-0.05, 0) is 48.2 Å². The molecule has 3 N–H and O–H groups in total. The largest absolute Gasteiger partial charge is 0.508 e. The van der Waals surface area contributed by atoms with Crippen molar-refractivity contribution in [2.24, 2.45) is 0 Å². The fourth-order valence-electron chi connectivity index (χ4n) is 3.22. The second kappa shape index (κ2) is 6.89. The Morgan fingerprint density at radius 1 is 1.08 bits per heavy atom. The van der Waals surface area contributed by atoms with Crippen molar-refractivity contribution in [3.05, 3.63) is 65.5 Å². The Labute approximate surface area is 140 Å². The molecule has 5 heteroatoms. The highest BCUT2D eigenvalue weighted by Gasteiger charge is 2.34. The molecular weight excluding hydrogens is 309 g/mol. The summed E-state index contributed by atoms with van der Waals surface area (Å²) < 4.78 is 13.4. The van der Waals surface area contributed by atoms with Crippen LogP contribution in [0.5, 0.6) is 5.75 Å². The Kier molecular flexibility index (Phi) is 4.85. The van der Waals surface area contributed by atoms with Crippen LogP contribution in [-0.4, -0.2) is 39.9 Å². The number of halogens is 1. The number of hydrogen-bond donors (Lipinski definition) is 3. The quantitative estimate of drug-likeness (QED) is 0.806. The molecule has 2 aromatic carbocycles. The number of phenols is 1. The highest BCUT2D eigenvalue weighted by atomic mass is 19.1. The first-order valence-corrected chi connectivity index (χ1v) is 8.14. The van der Waals surface area contributed by atoms with E-state index < -0.39 is 11.7 Å². The number of rotatable bonds is 4. The van der Waals surface area contributed by atoms with Crippen molar-refractivity contribution in [2.75, 3.05) is 19.6 Å². The van der Waals surface area contributed by atoms with Crippen LogP contribution >= 0.6 is 0 Å². The van der Waals surface area contributed by atoms with E-state index in [2.05, 4.69) is 4.90 Å². The lowest BCUT2D eigenvalue weighted by Crippen LogP contribution is -2.44. The summed E-state index contributed by atoms with van der Waals surface area (Å²) in [6.07, 6.45) is 0.350. The van der Waals surface area contributed by atoms with Gasteiger partial charge in [-0.2, -0.15) is 0 Å². The van der Waals surface area contributed by atoms with Crippen LogP contribution in [0.1, 0.15) is 30.1 Å². The normalized spacial score (nSPS) is 19.1. The van der Waals surface area contributed by atoms with Crippen molar-refractivity contribution in [3.63, 3.8) is 0 Å². The molecule has 128 valence electrons. The van der Waals surface area contributed by atoms with Crippen LogP contribution in [0.3, 0.4) is 0 Å². The number of aliphatic hydroxyl groups is 2. The lowest BCUT2D eigenvalue weighted by Gasteiger charge is -2.39. The van der Waals surface area contributed by atoms with Gasteiger partial charge in [-0.3, -0.25) is 0 Å². The summed E-state index contributed by atoms with van der Waals surface area (Å²) in [7, 11) is 0. The summed E-state index contributed by atoms with van der Waals surface area (Å²) in [6.45, 7) is 1.72. The van der Waals surface area contributed by atoms with Crippen LogP contribution in [0, 0.1) is 5.82 Å². The van der Waals surface area contributed by atoms with Gasteiger partial charge in [-0.15, -0.1) is 0 Å². The predicted octanol–water partition coefficient (Wildman–Crippen LogP) is 2.55. The number of aliphatic hydroxyl groups excluding tert-OH is 1. The lowest BCUT2D eigenvalue weighted by atomic mass is 9.84. The van der Waals surface area contributed by atoms with Crippen molar-refractivity contribution >= 4 is 0 Å². The minimum absolute atomic E-state index is 0.170. The van der Waals surface area contributed by atoms with Crippen LogP contribution in [0.15, 0.2) is 48.5 Å². The first kappa shape index (κ1) is 16.9. The van der Waals surface area contributed by atoms with Crippen LogP contribution in [0.4, 0.5) is 4.39 Å². The number of aromatic hydroxyl groups is 1. The molecule has 4 nitrogen and oxygen atoms in total. The molecule has 1 aliphatic heterocycles. The fraction of sp³-hybridized carbons (Fsp3) is 0.368. The van der Waals surface area contributed by atoms with Gasteiger partial charge in [0.2, 0.25) is 0 Å². The Hall–Kier alpha value is -1.95. The smallest absolute Gasteiger partial charge is 0.123 e. The third-order valence-electron chi connectivity index (χ3n) is 4.75. The number of β-amino-alcohol motifs (C(OH)–C–C–N with tert-alkyl or cyclic N) is 1. The highest BCUT2D eigenvalue weighted by Crippen LogP contribution is 2.33. The van der Waals surface area contributed by atoms with Gasteiger partial charge in [0.25, 0.3) is 0 Å². The van der Waals surface area contributed by atoms with E-state index in [-0.39, 0.29) is 11.6 Å². The van der Waals surface area contributed by atoms with Gasteiger partial charge in [0, 0.05) is 19.6 Å². The van der Waals surface area contributed by atoms with Gasteiger partial charge in [0.05, 0.1) is 11.7 Å². The van der Waals surface area contributed by atoms with Crippen molar-refractivity contribution in [1.29, 1.82) is 0 Å². The molecule has 1 atom stereocenters. The first-order valence-electron chi connectivity index (χ1n) is 8.14. The van der Waals surface area contributed by atoms with Crippen LogP contribution in [0.2, 0.25) is 0 Å². The molecule has 0 saturated carbocycles. The summed E-state index contributed by atoms with van der Waals surface area (Å²) in [5, 5.41) is 30.4. The average molecular weight is 331 g/mol. The Bertz CT molecular complexity index is 681. The molecule has 0 aromatic heterocycles. The molecule has 3 rings (SSSR count). The van der Waals surface area contributed by atoms with E-state index in [4.69, 9.17) is 0 Å². The standard InChI is InChI=1S/C19H22FNO3/c20-16-3-1-2-15(12-16)19(24)8-10-21(11-9-19)13-18(23)14-4-6-17(22)7-5-14/h1-7,12,18,22-24H,8-11,13H2. The first-order chi connectivity index (χ1) is 11.5. The van der Waals surface area contributed by atoms with E-state index in [0.717, 1.165) is 5.56 Å². The zero-order chi connectivity index (χ0) is 17.2. The summed E-state index contributed by atoms with van der Waals surface area (Å²) >= 11 is 0. The third kappa shape index (κ3) is 3.75. The molecule has 1 heterocycles. The zero-order valence-electron chi connectivity index (χ0n) is 13.4. The van der Waals surface area contributed by atoms with Crippen molar-refractivity contribution in [1.82, 2.24) is 4.90 Å². The van der Waals surface area contributed by atoms with Crippen LogP contribution in [-0.2, 0) is 5.60 Å². The predicted molar refractivity (Wildman–Crippen MR) is 89.0 cm³/mol. The van der Waals surface area contributed by atoms with E-state index in [1.54, 1.807) is 36.4 Å². The van der Waals surface area contributed by atoms with Crippen molar-refractivity contribution in [2.45, 2.75) is 24.5 Å². The molecule has 0 radical (unpaired) electrons. The molecule has 1 saturated heterocycles. The fourth-order valence-corrected chi connectivity index (χ4v) is 3.22. The molecule has 0 aliphatic carbocycles.